The second-order valence-electron chi connectivity index (χ2n) is 3.70. The number of amides is 1. The molecule has 17 heavy (non-hydrogen) atoms. The first-order valence-corrected chi connectivity index (χ1v) is 5.78. The van der Waals surface area contributed by atoms with E-state index in [1.807, 2.05) is 0 Å². The van der Waals surface area contributed by atoms with Gasteiger partial charge in [0.25, 0.3) is 0 Å². The van der Waals surface area contributed by atoms with Gasteiger partial charge < -0.3 is 15.2 Å². The number of benzene rings is 1. The molecule has 0 fully saturated rings. The van der Waals surface area contributed by atoms with E-state index in [2.05, 4.69) is 5.32 Å². The zero-order valence-electron chi connectivity index (χ0n) is 9.65. The molecule has 1 amide bonds. The van der Waals surface area contributed by atoms with Crippen LogP contribution in [-0.4, -0.2) is 30.3 Å². The fourth-order valence-electron chi connectivity index (χ4n) is 1.19. The van der Waals surface area contributed by atoms with E-state index in [9.17, 15) is 4.79 Å². The Hall–Kier alpha value is -1.26. The number of hydrogen-bond acceptors (Lipinski definition) is 3. The molecule has 0 aliphatic heterocycles. The zero-order valence-corrected chi connectivity index (χ0v) is 10.4. The number of ether oxygens (including phenoxy) is 1. The SMILES string of the molecule is CC(CO)NC(=O)CCOc1ccc(Cl)cc1. The largest absolute Gasteiger partial charge is 0.493 e. The highest BCUT2D eigenvalue weighted by molar-refractivity contribution is 6.30. The molecule has 1 unspecified atom stereocenters. The Balaban J connectivity index is 2.23. The normalized spacial score (nSPS) is 11.9. The second kappa shape index (κ2) is 7.14. The Bertz CT molecular complexity index is 353. The minimum atomic E-state index is -0.224. The van der Waals surface area contributed by atoms with E-state index >= 15 is 0 Å². The van der Waals surface area contributed by atoms with Gasteiger partial charge in [-0.25, -0.2) is 0 Å². The van der Waals surface area contributed by atoms with E-state index in [-0.39, 0.29) is 25.0 Å². The van der Waals surface area contributed by atoms with Crippen LogP contribution >= 0.6 is 11.6 Å². The molecule has 0 aliphatic carbocycles. The first-order chi connectivity index (χ1) is 8.11. The molecule has 2 N–H and O–H groups in total. The Morgan fingerprint density at radius 3 is 2.71 bits per heavy atom. The van der Waals surface area contributed by atoms with Gasteiger partial charge in [-0.05, 0) is 31.2 Å². The van der Waals surface area contributed by atoms with Gasteiger partial charge in [0, 0.05) is 11.1 Å². The summed E-state index contributed by atoms with van der Waals surface area (Å²) in [5.74, 6) is 0.540. The van der Waals surface area contributed by atoms with Crippen molar-refractivity contribution in [3.8, 4) is 5.75 Å². The lowest BCUT2D eigenvalue weighted by Gasteiger charge is -2.11. The van der Waals surface area contributed by atoms with Crippen molar-refractivity contribution in [1.29, 1.82) is 0 Å². The van der Waals surface area contributed by atoms with Gasteiger partial charge in [-0.1, -0.05) is 11.6 Å². The molecule has 1 aromatic carbocycles. The van der Waals surface area contributed by atoms with Gasteiger partial charge in [0.05, 0.1) is 19.6 Å². The summed E-state index contributed by atoms with van der Waals surface area (Å²) in [6, 6.07) is 6.72. The summed E-state index contributed by atoms with van der Waals surface area (Å²) in [4.78, 5) is 11.3. The fourth-order valence-corrected chi connectivity index (χ4v) is 1.31. The molecule has 1 atom stereocenters. The van der Waals surface area contributed by atoms with E-state index in [0.717, 1.165) is 0 Å². The van der Waals surface area contributed by atoms with Gasteiger partial charge in [-0.15, -0.1) is 0 Å². The highest BCUT2D eigenvalue weighted by Crippen LogP contribution is 2.15. The molecule has 4 nitrogen and oxygen atoms in total. The van der Waals surface area contributed by atoms with Gasteiger partial charge in [-0.2, -0.15) is 0 Å². The van der Waals surface area contributed by atoms with Gasteiger partial charge >= 0.3 is 0 Å². The van der Waals surface area contributed by atoms with E-state index in [4.69, 9.17) is 21.4 Å². The first-order valence-electron chi connectivity index (χ1n) is 5.40. The van der Waals surface area contributed by atoms with Gasteiger partial charge in [0.1, 0.15) is 5.75 Å². The minimum absolute atomic E-state index is 0.0657. The summed E-state index contributed by atoms with van der Waals surface area (Å²) < 4.78 is 5.36. The van der Waals surface area contributed by atoms with E-state index in [1.165, 1.54) is 0 Å². The highest BCUT2D eigenvalue weighted by Gasteiger charge is 2.05. The number of carbonyl (C=O) groups is 1. The zero-order chi connectivity index (χ0) is 12.7. The Morgan fingerprint density at radius 2 is 2.12 bits per heavy atom. The molecule has 0 spiro atoms. The van der Waals surface area contributed by atoms with Gasteiger partial charge in [0.2, 0.25) is 5.91 Å². The summed E-state index contributed by atoms with van der Waals surface area (Å²) >= 11 is 5.73. The van der Waals surface area contributed by atoms with Crippen molar-refractivity contribution in [2.24, 2.45) is 0 Å². The van der Waals surface area contributed by atoms with Crippen molar-refractivity contribution in [3.63, 3.8) is 0 Å². The van der Waals surface area contributed by atoms with Crippen molar-refractivity contribution < 1.29 is 14.6 Å². The summed E-state index contributed by atoms with van der Waals surface area (Å²) in [6.07, 6.45) is 0.257. The number of aliphatic hydroxyl groups excluding tert-OH is 1. The predicted octanol–water partition coefficient (Wildman–Crippen LogP) is 1.61. The Kier molecular flexibility index (Phi) is 5.80. The minimum Gasteiger partial charge on any atom is -0.493 e. The molecule has 94 valence electrons. The van der Waals surface area contributed by atoms with Crippen molar-refractivity contribution in [3.05, 3.63) is 29.3 Å². The molecule has 0 saturated heterocycles. The molecule has 0 bridgehead atoms. The predicted molar refractivity (Wildman–Crippen MR) is 66.3 cm³/mol. The van der Waals surface area contributed by atoms with Crippen LogP contribution in [0.15, 0.2) is 24.3 Å². The van der Waals surface area contributed by atoms with Crippen LogP contribution in [0.1, 0.15) is 13.3 Å². The summed E-state index contributed by atoms with van der Waals surface area (Å²) in [5, 5.41) is 12.0. The van der Waals surface area contributed by atoms with Crippen LogP contribution in [0.25, 0.3) is 0 Å². The average molecular weight is 258 g/mol. The second-order valence-corrected chi connectivity index (χ2v) is 4.14. The number of halogens is 1. The molecule has 5 heteroatoms. The van der Waals surface area contributed by atoms with Crippen molar-refractivity contribution >= 4 is 17.5 Å². The van der Waals surface area contributed by atoms with Crippen LogP contribution in [0.4, 0.5) is 0 Å². The maximum atomic E-state index is 11.3. The third kappa shape index (κ3) is 5.56. The topological polar surface area (TPSA) is 58.6 Å². The third-order valence-electron chi connectivity index (χ3n) is 2.09. The first kappa shape index (κ1) is 13.8. The molecule has 0 saturated carbocycles. The Morgan fingerprint density at radius 1 is 1.47 bits per heavy atom. The maximum absolute atomic E-state index is 11.3. The van der Waals surface area contributed by atoms with Crippen LogP contribution in [0.2, 0.25) is 5.02 Å². The van der Waals surface area contributed by atoms with Crippen LogP contribution in [0.3, 0.4) is 0 Å². The molecule has 1 aromatic rings. The van der Waals surface area contributed by atoms with Crippen LogP contribution < -0.4 is 10.1 Å². The third-order valence-corrected chi connectivity index (χ3v) is 2.34. The number of nitrogens with one attached hydrogen (secondary N) is 1. The highest BCUT2D eigenvalue weighted by atomic mass is 35.5. The molecule has 0 aliphatic rings. The Labute approximate surface area is 106 Å². The lowest BCUT2D eigenvalue weighted by atomic mass is 10.3. The van der Waals surface area contributed by atoms with Crippen molar-refractivity contribution in [2.45, 2.75) is 19.4 Å². The number of hydrogen-bond donors (Lipinski definition) is 2. The molecule has 1 rings (SSSR count). The quantitative estimate of drug-likeness (QED) is 0.814. The number of rotatable bonds is 6. The number of aliphatic hydroxyl groups is 1. The van der Waals surface area contributed by atoms with Crippen LogP contribution in [0.5, 0.6) is 5.75 Å². The molecule has 0 heterocycles. The molecule has 0 aromatic heterocycles. The lowest BCUT2D eigenvalue weighted by Crippen LogP contribution is -2.35. The van der Waals surface area contributed by atoms with E-state index in [1.54, 1.807) is 31.2 Å². The molecule has 0 radical (unpaired) electrons. The summed E-state index contributed by atoms with van der Waals surface area (Å²) in [7, 11) is 0. The van der Waals surface area contributed by atoms with Crippen LogP contribution in [0, 0.1) is 0 Å². The number of carbonyl (C=O) groups excluding carboxylic acids is 1. The van der Waals surface area contributed by atoms with Crippen LogP contribution in [-0.2, 0) is 4.79 Å². The smallest absolute Gasteiger partial charge is 0.223 e. The van der Waals surface area contributed by atoms with E-state index in [0.29, 0.717) is 17.4 Å². The average Bonchev–Trinajstić information content (AvgIpc) is 2.31. The summed E-state index contributed by atoms with van der Waals surface area (Å²) in [6.45, 7) is 1.97. The van der Waals surface area contributed by atoms with E-state index < -0.39 is 0 Å². The van der Waals surface area contributed by atoms with Crippen molar-refractivity contribution in [2.75, 3.05) is 13.2 Å². The monoisotopic (exact) mass is 257 g/mol. The van der Waals surface area contributed by atoms with Gasteiger partial charge in [0.15, 0.2) is 0 Å². The van der Waals surface area contributed by atoms with Gasteiger partial charge in [-0.3, -0.25) is 4.79 Å². The van der Waals surface area contributed by atoms with Crippen molar-refractivity contribution in [1.82, 2.24) is 5.32 Å². The molecular formula is C12H16ClNO3. The standard InChI is InChI=1S/C12H16ClNO3/c1-9(8-15)14-12(16)6-7-17-11-4-2-10(13)3-5-11/h2-5,9,15H,6-8H2,1H3,(H,14,16). The maximum Gasteiger partial charge on any atom is 0.223 e. The molecular weight excluding hydrogens is 242 g/mol. The lowest BCUT2D eigenvalue weighted by molar-refractivity contribution is -0.122. The fraction of sp³-hybridized carbons (Fsp3) is 0.417. The summed E-state index contributed by atoms with van der Waals surface area (Å²) in [5.41, 5.74) is 0.